The van der Waals surface area contributed by atoms with Crippen molar-refractivity contribution in [2.24, 2.45) is 0 Å². The van der Waals surface area contributed by atoms with Crippen molar-refractivity contribution in [3.05, 3.63) is 82.3 Å². The first kappa shape index (κ1) is 33.7. The summed E-state index contributed by atoms with van der Waals surface area (Å²) in [5, 5.41) is 22.0. The van der Waals surface area contributed by atoms with Crippen LogP contribution in [-0.4, -0.2) is 56.4 Å². The number of rotatable bonds is 10. The molecule has 0 amide bonds. The van der Waals surface area contributed by atoms with Crippen LogP contribution in [0.1, 0.15) is 66.4 Å². The van der Waals surface area contributed by atoms with Gasteiger partial charge in [0.05, 0.1) is 35.1 Å². The van der Waals surface area contributed by atoms with Gasteiger partial charge in [0, 0.05) is 28.7 Å². The van der Waals surface area contributed by atoms with Gasteiger partial charge >= 0.3 is 6.18 Å². The predicted octanol–water partition coefficient (Wildman–Crippen LogP) is 5.51. The minimum Gasteiger partial charge on any atom is -0.496 e. The highest BCUT2D eigenvalue weighted by atomic mass is 32.2. The van der Waals surface area contributed by atoms with Crippen LogP contribution >= 0.6 is 0 Å². The summed E-state index contributed by atoms with van der Waals surface area (Å²) in [5.74, 6) is -0.851. The number of pyridine rings is 1. The largest absolute Gasteiger partial charge is 0.496 e. The summed E-state index contributed by atoms with van der Waals surface area (Å²) in [7, 11) is -0.376. The third-order valence-electron chi connectivity index (χ3n) is 8.19. The molecule has 3 aromatic rings. The van der Waals surface area contributed by atoms with E-state index in [4.69, 9.17) is 9.47 Å². The molecule has 0 saturated carbocycles. The molecule has 2 aliphatic rings. The van der Waals surface area contributed by atoms with Gasteiger partial charge in [0.2, 0.25) is 5.60 Å². The van der Waals surface area contributed by atoms with Crippen LogP contribution in [0, 0.1) is 5.82 Å². The second-order valence-electron chi connectivity index (χ2n) is 12.4. The van der Waals surface area contributed by atoms with Gasteiger partial charge in [0.15, 0.2) is 11.5 Å². The van der Waals surface area contributed by atoms with Crippen LogP contribution in [0.15, 0.2) is 48.5 Å². The Hall–Kier alpha value is -3.65. The lowest BCUT2D eigenvalue weighted by molar-refractivity contribution is -0.270. The molecule has 13 heteroatoms. The number of nitrogens with zero attached hydrogens (tertiary/aromatic N) is 1. The van der Waals surface area contributed by atoms with E-state index in [9.17, 15) is 36.8 Å². The first-order valence-electron chi connectivity index (χ1n) is 14.5. The standard InChI is InChI=1S/C33H34F4N2O6S/c1-30(2,3)46(43)39-31(17-40)18-45-29-24(31)16-27(38-28(29)19-8-10-22(34)11-9-19)32(42,33(35,36)37)13-12-25(41)21-14-20-6-5-7-23(20)26(15-21)44-4/h5-6,8-11,14-16,39-40,42H,7,12-13,17-18H2,1-4H3. The van der Waals surface area contributed by atoms with E-state index in [1.807, 2.05) is 6.08 Å². The normalized spacial score (nSPS) is 19.3. The highest BCUT2D eigenvalue weighted by molar-refractivity contribution is 7.84. The van der Waals surface area contributed by atoms with Gasteiger partial charge in [-0.05, 0) is 81.6 Å². The average molecular weight is 663 g/mol. The van der Waals surface area contributed by atoms with E-state index in [0.717, 1.165) is 29.3 Å². The number of hydrogen-bond acceptors (Lipinski definition) is 7. The predicted molar refractivity (Wildman–Crippen MR) is 164 cm³/mol. The average Bonchev–Trinajstić information content (AvgIpc) is 3.63. The molecule has 2 heterocycles. The van der Waals surface area contributed by atoms with E-state index in [1.165, 1.54) is 25.3 Å². The van der Waals surface area contributed by atoms with Gasteiger partial charge in [-0.2, -0.15) is 13.2 Å². The fourth-order valence-electron chi connectivity index (χ4n) is 5.44. The van der Waals surface area contributed by atoms with Crippen molar-refractivity contribution >= 4 is 22.8 Å². The van der Waals surface area contributed by atoms with Crippen LogP contribution in [0.2, 0.25) is 0 Å². The Labute approximate surface area is 266 Å². The molecule has 0 bridgehead atoms. The second kappa shape index (κ2) is 12.2. The monoisotopic (exact) mass is 662 g/mol. The quantitative estimate of drug-likeness (QED) is 0.194. The Balaban J connectivity index is 1.61. The van der Waals surface area contributed by atoms with Crippen molar-refractivity contribution in [2.45, 2.75) is 62.1 Å². The Kier molecular flexibility index (Phi) is 8.92. The molecule has 0 radical (unpaired) electrons. The summed E-state index contributed by atoms with van der Waals surface area (Å²) in [6.45, 7) is 3.97. The summed E-state index contributed by atoms with van der Waals surface area (Å²) < 4.78 is 84.9. The van der Waals surface area contributed by atoms with E-state index >= 15 is 0 Å². The van der Waals surface area contributed by atoms with Crippen molar-refractivity contribution < 1.29 is 46.3 Å². The number of ether oxygens (including phenoxy) is 2. The van der Waals surface area contributed by atoms with Crippen LogP contribution in [0.4, 0.5) is 17.6 Å². The van der Waals surface area contributed by atoms with Crippen LogP contribution in [-0.2, 0) is 28.5 Å². The minimum absolute atomic E-state index is 0.0262. The van der Waals surface area contributed by atoms with E-state index in [-0.39, 0.29) is 34.7 Å². The molecule has 8 nitrogen and oxygen atoms in total. The first-order chi connectivity index (χ1) is 21.5. The number of methoxy groups -OCH3 is 1. The molecule has 0 saturated heterocycles. The van der Waals surface area contributed by atoms with E-state index in [0.29, 0.717) is 12.2 Å². The fraction of sp³-hybridized carbons (Fsp3) is 0.394. The number of ketones is 1. The summed E-state index contributed by atoms with van der Waals surface area (Å²) in [6, 6.07) is 8.75. The zero-order valence-electron chi connectivity index (χ0n) is 25.6. The van der Waals surface area contributed by atoms with Gasteiger partial charge in [0.1, 0.15) is 29.4 Å². The molecule has 3 unspecified atom stereocenters. The van der Waals surface area contributed by atoms with Gasteiger partial charge in [-0.15, -0.1) is 0 Å². The van der Waals surface area contributed by atoms with Crippen LogP contribution < -0.4 is 14.2 Å². The minimum atomic E-state index is -5.31. The topological polar surface area (TPSA) is 118 Å². The molecule has 1 aromatic heterocycles. The summed E-state index contributed by atoms with van der Waals surface area (Å²) in [4.78, 5) is 17.5. The van der Waals surface area contributed by atoms with Crippen molar-refractivity contribution in [3.63, 3.8) is 0 Å². The van der Waals surface area contributed by atoms with Crippen LogP contribution in [0.5, 0.6) is 11.5 Å². The number of Topliss-reactive ketones (excluding diaryl/α,β-unsaturated/α-hetero) is 1. The van der Waals surface area contributed by atoms with Gasteiger partial charge in [-0.1, -0.05) is 12.2 Å². The van der Waals surface area contributed by atoms with E-state index in [1.54, 1.807) is 32.9 Å². The number of carbonyl (C=O) groups is 1. The molecule has 0 spiro atoms. The molecule has 0 fully saturated rings. The maximum absolute atomic E-state index is 14.9. The molecule has 3 N–H and O–H groups in total. The SMILES string of the molecule is COc1cc(C(=O)CCC(O)(c2cc3c(c(-c4ccc(F)cc4)n2)OCC3(CO)NS(=O)C(C)(C)C)C(F)(F)F)cc2c1CC=C2. The zero-order chi connectivity index (χ0) is 33.7. The number of carbonyl (C=O) groups excluding carboxylic acids is 1. The maximum Gasteiger partial charge on any atom is 0.422 e. The molecule has 3 atom stereocenters. The summed E-state index contributed by atoms with van der Waals surface area (Å²) in [6.07, 6.45) is -2.84. The lowest BCUT2D eigenvalue weighted by Crippen LogP contribution is -2.51. The van der Waals surface area contributed by atoms with Gasteiger partial charge in [0.25, 0.3) is 0 Å². The molecular weight excluding hydrogens is 628 g/mol. The van der Waals surface area contributed by atoms with E-state index in [2.05, 4.69) is 9.71 Å². The molecule has 1 aliphatic heterocycles. The highest BCUT2D eigenvalue weighted by Gasteiger charge is 2.57. The number of aromatic nitrogens is 1. The molecule has 2 aromatic carbocycles. The molecule has 46 heavy (non-hydrogen) atoms. The van der Waals surface area contributed by atoms with Crippen molar-refractivity contribution in [2.75, 3.05) is 20.3 Å². The molecular formula is C33H34F4N2O6S. The van der Waals surface area contributed by atoms with Gasteiger partial charge in [-0.25, -0.2) is 18.3 Å². The van der Waals surface area contributed by atoms with Gasteiger partial charge in [-0.3, -0.25) is 4.79 Å². The van der Waals surface area contributed by atoms with Crippen molar-refractivity contribution in [3.8, 4) is 22.8 Å². The summed E-state index contributed by atoms with van der Waals surface area (Å²) >= 11 is 0. The smallest absolute Gasteiger partial charge is 0.422 e. The number of alkyl halides is 3. The van der Waals surface area contributed by atoms with Crippen molar-refractivity contribution in [1.29, 1.82) is 0 Å². The Bertz CT molecular complexity index is 1720. The number of halogens is 4. The maximum atomic E-state index is 14.9. The third kappa shape index (κ3) is 6.08. The number of allylic oxidation sites excluding steroid dienone is 1. The Morgan fingerprint density at radius 1 is 1.15 bits per heavy atom. The molecule has 1 aliphatic carbocycles. The van der Waals surface area contributed by atoms with Crippen LogP contribution in [0.3, 0.4) is 0 Å². The number of benzene rings is 2. The number of hydrogen-bond donors (Lipinski definition) is 3. The van der Waals surface area contributed by atoms with E-state index < -0.39 is 69.8 Å². The second-order valence-corrected chi connectivity index (χ2v) is 14.4. The molecule has 5 rings (SSSR count). The van der Waals surface area contributed by atoms with Crippen molar-refractivity contribution in [1.82, 2.24) is 9.71 Å². The highest BCUT2D eigenvalue weighted by Crippen LogP contribution is 2.49. The summed E-state index contributed by atoms with van der Waals surface area (Å²) in [5.41, 5.74) is -4.46. The number of aliphatic hydroxyl groups excluding tert-OH is 1. The number of fused-ring (bicyclic) bond motifs is 2. The number of nitrogens with one attached hydrogen (secondary N) is 1. The third-order valence-corrected chi connectivity index (χ3v) is 9.88. The molecule has 246 valence electrons. The Morgan fingerprint density at radius 2 is 1.85 bits per heavy atom. The lowest BCUT2D eigenvalue weighted by Gasteiger charge is -2.33. The fourth-order valence-corrected chi connectivity index (χ4v) is 6.33. The number of aliphatic hydroxyl groups is 2. The Morgan fingerprint density at radius 3 is 2.46 bits per heavy atom. The lowest BCUT2D eigenvalue weighted by atomic mass is 9.85. The van der Waals surface area contributed by atoms with Gasteiger partial charge < -0.3 is 19.7 Å². The first-order valence-corrected chi connectivity index (χ1v) is 15.6. The zero-order valence-corrected chi connectivity index (χ0v) is 26.4. The van der Waals surface area contributed by atoms with Crippen LogP contribution in [0.25, 0.3) is 17.3 Å².